The minimum Gasteiger partial charge on any atom is -0.406 e. The van der Waals surface area contributed by atoms with Gasteiger partial charge in [-0.15, -0.1) is 0 Å². The van der Waals surface area contributed by atoms with Gasteiger partial charge in [0.2, 0.25) is 11.7 Å². The molecule has 0 radical (unpaired) electrons. The average Bonchev–Trinajstić information content (AvgIpc) is 3.18. The molecule has 4 saturated carbocycles. The first kappa shape index (κ1) is 24.5. The van der Waals surface area contributed by atoms with Crippen LogP contribution in [0.5, 0.6) is 5.88 Å². The number of benzene rings is 2. The van der Waals surface area contributed by atoms with Gasteiger partial charge in [-0.3, -0.25) is 4.79 Å². The highest BCUT2D eigenvalue weighted by Crippen LogP contribution is 2.60. The Morgan fingerprint density at radius 3 is 1.92 bits per heavy atom. The van der Waals surface area contributed by atoms with Crippen molar-refractivity contribution in [3.8, 4) is 11.6 Å². The number of carbonyl (C=O) groups excluding carboxylic acids is 1. The van der Waals surface area contributed by atoms with E-state index in [1.807, 2.05) is 0 Å². The van der Waals surface area contributed by atoms with Crippen LogP contribution in [0.25, 0.3) is 5.69 Å². The van der Waals surface area contributed by atoms with E-state index in [0.717, 1.165) is 38.5 Å². The molecule has 2 aromatic carbocycles. The molecule has 1 aromatic heterocycles. The van der Waals surface area contributed by atoms with Gasteiger partial charge >= 0.3 is 5.97 Å². The molecule has 1 heterocycles. The Morgan fingerprint density at radius 2 is 1.38 bits per heavy atom. The number of rotatable bonds is 5. The summed E-state index contributed by atoms with van der Waals surface area (Å²) >= 11 is 0.308. The second-order valence-electron chi connectivity index (χ2n) is 10.6. The maximum Gasteiger partial charge on any atom is 0.318 e. The van der Waals surface area contributed by atoms with Crippen LogP contribution in [-0.4, -0.2) is 15.7 Å². The van der Waals surface area contributed by atoms with E-state index in [1.165, 1.54) is 11.6 Å². The monoisotopic (exact) mass is 534 g/mol. The molecular weight excluding hydrogens is 511 g/mol. The van der Waals surface area contributed by atoms with Crippen molar-refractivity contribution in [3.63, 3.8) is 0 Å². The molecule has 4 nitrogen and oxygen atoms in total. The van der Waals surface area contributed by atoms with E-state index in [9.17, 15) is 26.7 Å². The van der Waals surface area contributed by atoms with Crippen molar-refractivity contribution in [2.45, 2.75) is 55.2 Å². The molecule has 0 aliphatic heterocycles. The van der Waals surface area contributed by atoms with Crippen LogP contribution >= 0.6 is 11.8 Å². The molecule has 10 heteroatoms. The number of aryl methyl sites for hydroxylation is 1. The highest BCUT2D eigenvalue weighted by atomic mass is 32.2. The second-order valence-corrected chi connectivity index (χ2v) is 11.6. The fourth-order valence-corrected chi connectivity index (χ4v) is 7.74. The maximum atomic E-state index is 14.6. The molecular formula is C27H23F5N2O2S. The average molecular weight is 535 g/mol. The van der Waals surface area contributed by atoms with Crippen molar-refractivity contribution in [2.75, 3.05) is 0 Å². The molecule has 0 saturated heterocycles. The summed E-state index contributed by atoms with van der Waals surface area (Å²) in [5.41, 5.74) is 0.0929. The van der Waals surface area contributed by atoms with Gasteiger partial charge in [-0.2, -0.15) is 9.78 Å². The van der Waals surface area contributed by atoms with Crippen molar-refractivity contribution in [1.82, 2.24) is 9.78 Å². The lowest BCUT2D eigenvalue weighted by molar-refractivity contribution is -0.162. The van der Waals surface area contributed by atoms with Gasteiger partial charge in [0, 0.05) is 0 Å². The van der Waals surface area contributed by atoms with Gasteiger partial charge in [0.15, 0.2) is 23.3 Å². The summed E-state index contributed by atoms with van der Waals surface area (Å²) < 4.78 is 78.0. The predicted molar refractivity (Wildman–Crippen MR) is 125 cm³/mol. The third-order valence-corrected chi connectivity index (χ3v) is 9.24. The van der Waals surface area contributed by atoms with Crippen LogP contribution in [0.3, 0.4) is 0 Å². The summed E-state index contributed by atoms with van der Waals surface area (Å²) in [5.74, 6) is -9.32. The van der Waals surface area contributed by atoms with E-state index >= 15 is 0 Å². The number of halogens is 5. The molecule has 0 atom stereocenters. The molecule has 0 spiro atoms. The standard InChI is InChI=1S/C27H23F5N2O2S/c1-13-23(37-24-21(31)19(29)18(28)20(30)22(24)32)25(34(33-13)17-5-3-2-4-6-17)36-26(35)27-10-14-7-15(11-27)9-16(8-14)12-27/h2-6,14-16H,7-12H2,1H3. The van der Waals surface area contributed by atoms with Gasteiger partial charge in [0.25, 0.3) is 0 Å². The Balaban J connectivity index is 1.43. The zero-order valence-corrected chi connectivity index (χ0v) is 20.7. The molecule has 4 bridgehead atoms. The number of esters is 1. The number of nitrogens with zero attached hydrogens (tertiary/aromatic N) is 2. The van der Waals surface area contributed by atoms with Gasteiger partial charge in [-0.05, 0) is 75.3 Å². The molecule has 37 heavy (non-hydrogen) atoms. The third-order valence-electron chi connectivity index (χ3n) is 8.00. The van der Waals surface area contributed by atoms with E-state index in [2.05, 4.69) is 5.10 Å². The molecule has 4 aliphatic rings. The smallest absolute Gasteiger partial charge is 0.318 e. The van der Waals surface area contributed by atoms with Crippen molar-refractivity contribution in [1.29, 1.82) is 0 Å². The number of aromatic nitrogens is 2. The summed E-state index contributed by atoms with van der Waals surface area (Å²) in [4.78, 5) is 12.7. The lowest BCUT2D eigenvalue weighted by Gasteiger charge is -2.55. The van der Waals surface area contributed by atoms with Gasteiger partial charge in [0.05, 0.1) is 26.6 Å². The zero-order chi connectivity index (χ0) is 26.1. The highest BCUT2D eigenvalue weighted by Gasteiger charge is 2.56. The van der Waals surface area contributed by atoms with E-state index in [-0.39, 0.29) is 16.5 Å². The third kappa shape index (κ3) is 3.95. The normalized spacial score (nSPS) is 26.1. The van der Waals surface area contributed by atoms with Crippen LogP contribution in [0.4, 0.5) is 22.0 Å². The Kier molecular flexibility index (Phi) is 5.85. The van der Waals surface area contributed by atoms with Crippen LogP contribution in [-0.2, 0) is 4.79 Å². The first-order chi connectivity index (χ1) is 17.7. The summed E-state index contributed by atoms with van der Waals surface area (Å²) in [7, 11) is 0. The molecule has 194 valence electrons. The molecule has 4 aliphatic carbocycles. The number of hydrogen-bond donors (Lipinski definition) is 0. The molecule has 4 fully saturated rings. The lowest BCUT2D eigenvalue weighted by Crippen LogP contribution is -2.51. The Labute approximate surface area is 214 Å². The minimum absolute atomic E-state index is 0.00476. The van der Waals surface area contributed by atoms with E-state index in [0.29, 0.717) is 35.2 Å². The van der Waals surface area contributed by atoms with Crippen molar-refractivity contribution >= 4 is 17.7 Å². The fourth-order valence-electron chi connectivity index (χ4n) is 6.78. The Bertz CT molecular complexity index is 1340. The number of carbonyl (C=O) groups is 1. The largest absolute Gasteiger partial charge is 0.406 e. The topological polar surface area (TPSA) is 44.1 Å². The number of ether oxygens (including phenoxy) is 1. The SMILES string of the molecule is Cc1nn(-c2ccccc2)c(OC(=O)C23CC4CC(CC(C4)C2)C3)c1Sc1c(F)c(F)c(F)c(F)c1F. The highest BCUT2D eigenvalue weighted by molar-refractivity contribution is 7.99. The maximum absolute atomic E-state index is 14.6. The molecule has 0 N–H and O–H groups in total. The number of hydrogen-bond acceptors (Lipinski definition) is 4. The van der Waals surface area contributed by atoms with E-state index in [4.69, 9.17) is 4.74 Å². The Morgan fingerprint density at radius 1 is 0.865 bits per heavy atom. The van der Waals surface area contributed by atoms with Crippen LogP contribution in [0.15, 0.2) is 40.1 Å². The molecule has 7 rings (SSSR count). The van der Waals surface area contributed by atoms with E-state index in [1.54, 1.807) is 30.3 Å². The first-order valence-corrected chi connectivity index (χ1v) is 13.0. The summed E-state index contributed by atoms with van der Waals surface area (Å²) in [6.07, 6.45) is 5.56. The molecule has 3 aromatic rings. The minimum atomic E-state index is -2.23. The fraction of sp³-hybridized carbons (Fsp3) is 0.407. The van der Waals surface area contributed by atoms with Crippen molar-refractivity contribution in [2.24, 2.45) is 23.2 Å². The van der Waals surface area contributed by atoms with Crippen molar-refractivity contribution < 1.29 is 31.5 Å². The van der Waals surface area contributed by atoms with Gasteiger partial charge in [0.1, 0.15) is 0 Å². The van der Waals surface area contributed by atoms with Crippen LogP contribution in [0, 0.1) is 59.2 Å². The summed E-state index contributed by atoms with van der Waals surface area (Å²) in [6, 6.07) is 8.69. The summed E-state index contributed by atoms with van der Waals surface area (Å²) in [5, 5.41) is 4.41. The lowest BCUT2D eigenvalue weighted by atomic mass is 9.49. The predicted octanol–water partition coefficient (Wildman–Crippen LogP) is 7.15. The van der Waals surface area contributed by atoms with Gasteiger partial charge in [-0.25, -0.2) is 22.0 Å². The quantitative estimate of drug-likeness (QED) is 0.151. The Hall–Kier alpha value is -2.88. The van der Waals surface area contributed by atoms with E-state index < -0.39 is 45.4 Å². The van der Waals surface area contributed by atoms with Gasteiger partial charge < -0.3 is 4.74 Å². The summed E-state index contributed by atoms with van der Waals surface area (Å²) in [6.45, 7) is 1.52. The molecule has 0 unspecified atom stereocenters. The molecule has 0 amide bonds. The van der Waals surface area contributed by atoms with Crippen LogP contribution in [0.2, 0.25) is 0 Å². The van der Waals surface area contributed by atoms with Crippen LogP contribution < -0.4 is 4.74 Å². The van der Waals surface area contributed by atoms with Crippen molar-refractivity contribution in [3.05, 3.63) is 65.1 Å². The first-order valence-electron chi connectivity index (χ1n) is 12.2. The second kappa shape index (κ2) is 8.85. The van der Waals surface area contributed by atoms with Crippen LogP contribution in [0.1, 0.15) is 44.2 Å². The number of para-hydroxylation sites is 1. The zero-order valence-electron chi connectivity index (χ0n) is 19.9. The van der Waals surface area contributed by atoms with Gasteiger partial charge in [-0.1, -0.05) is 30.0 Å².